The molecule has 1 saturated heterocycles. The van der Waals surface area contributed by atoms with E-state index >= 15 is 0 Å². The highest BCUT2D eigenvalue weighted by Gasteiger charge is 2.26. The first-order valence-corrected chi connectivity index (χ1v) is 11.9. The van der Waals surface area contributed by atoms with E-state index in [1.165, 1.54) is 6.26 Å². The minimum atomic E-state index is 0.0174. The number of likely N-dealkylation sites (N-methyl/N-ethyl adjacent to an activating group) is 1. The van der Waals surface area contributed by atoms with Crippen molar-refractivity contribution in [2.24, 2.45) is 0 Å². The van der Waals surface area contributed by atoms with Crippen molar-refractivity contribution < 1.29 is 13.9 Å². The highest BCUT2D eigenvalue weighted by Crippen LogP contribution is 2.36. The fourth-order valence-electron chi connectivity index (χ4n) is 4.07. The van der Waals surface area contributed by atoms with E-state index in [1.54, 1.807) is 42.7 Å². The Morgan fingerprint density at radius 3 is 3.00 bits per heavy atom. The number of rotatable bonds is 8. The van der Waals surface area contributed by atoms with Gasteiger partial charge in [0.2, 0.25) is 11.8 Å². The number of halogens is 1. The topological polar surface area (TPSA) is 112 Å². The Hall–Kier alpha value is -3.89. The molecule has 4 heterocycles. The molecule has 4 aromatic rings. The molecule has 1 aliphatic heterocycles. The second-order valence-electron chi connectivity index (χ2n) is 8.76. The van der Waals surface area contributed by atoms with Crippen molar-refractivity contribution in [1.29, 1.82) is 0 Å². The number of carbonyl (C=O) groups is 1. The minimum Gasteiger partial charge on any atom is -0.456 e. The average molecular weight is 508 g/mol. The number of oxazole rings is 1. The molecule has 1 atom stereocenters. The molecule has 11 heteroatoms. The Balaban J connectivity index is 1.31. The van der Waals surface area contributed by atoms with Gasteiger partial charge in [-0.3, -0.25) is 9.89 Å². The maximum Gasteiger partial charge on any atom is 0.246 e. The lowest BCUT2D eigenvalue weighted by molar-refractivity contribution is -0.125. The van der Waals surface area contributed by atoms with Gasteiger partial charge in [0.25, 0.3) is 0 Å². The average Bonchev–Trinajstić information content (AvgIpc) is 3.61. The van der Waals surface area contributed by atoms with Crippen LogP contribution in [0, 0.1) is 0 Å². The maximum absolute atomic E-state index is 12.5. The zero-order valence-electron chi connectivity index (χ0n) is 19.9. The SMILES string of the molecule is CN(C)C/C=C/C(=O)N1CC[C@@H](Nc2n[nH]c3nccc(Oc4ccc(-c5ncco5)c(Cl)c4)c23)C1. The van der Waals surface area contributed by atoms with Crippen LogP contribution in [0.1, 0.15) is 6.42 Å². The Bertz CT molecular complexity index is 1380. The van der Waals surface area contributed by atoms with Crippen molar-refractivity contribution in [1.82, 2.24) is 30.0 Å². The molecule has 5 rings (SSSR count). The third-order valence-corrected chi connectivity index (χ3v) is 6.14. The summed E-state index contributed by atoms with van der Waals surface area (Å²) in [7, 11) is 3.93. The number of likely N-dealkylation sites (tertiary alicyclic amines) is 1. The smallest absolute Gasteiger partial charge is 0.246 e. The monoisotopic (exact) mass is 507 g/mol. The van der Waals surface area contributed by atoms with Crippen LogP contribution in [0.4, 0.5) is 5.82 Å². The molecule has 186 valence electrons. The molecule has 0 saturated carbocycles. The summed E-state index contributed by atoms with van der Waals surface area (Å²) in [4.78, 5) is 24.9. The van der Waals surface area contributed by atoms with Gasteiger partial charge in [0.1, 0.15) is 23.1 Å². The number of anilines is 1. The van der Waals surface area contributed by atoms with Gasteiger partial charge in [-0.1, -0.05) is 17.7 Å². The summed E-state index contributed by atoms with van der Waals surface area (Å²) >= 11 is 6.45. The van der Waals surface area contributed by atoms with Crippen LogP contribution >= 0.6 is 11.6 Å². The van der Waals surface area contributed by atoms with Crippen LogP contribution in [0.15, 0.2) is 59.5 Å². The van der Waals surface area contributed by atoms with Crippen LogP contribution in [0.5, 0.6) is 11.5 Å². The molecule has 1 aliphatic rings. The number of nitrogens with zero attached hydrogens (tertiary/aromatic N) is 5. The van der Waals surface area contributed by atoms with Gasteiger partial charge in [0, 0.05) is 50.1 Å². The van der Waals surface area contributed by atoms with Crippen LogP contribution in [0.25, 0.3) is 22.5 Å². The fraction of sp³-hybridized carbons (Fsp3) is 0.280. The van der Waals surface area contributed by atoms with Crippen LogP contribution in [0.3, 0.4) is 0 Å². The first-order valence-electron chi connectivity index (χ1n) is 11.5. The molecule has 36 heavy (non-hydrogen) atoms. The van der Waals surface area contributed by atoms with Gasteiger partial charge in [-0.25, -0.2) is 9.97 Å². The fourth-order valence-corrected chi connectivity index (χ4v) is 4.32. The van der Waals surface area contributed by atoms with E-state index in [-0.39, 0.29) is 11.9 Å². The van der Waals surface area contributed by atoms with Crippen LogP contribution in [0.2, 0.25) is 5.02 Å². The van der Waals surface area contributed by atoms with Gasteiger partial charge in [0.15, 0.2) is 11.5 Å². The Morgan fingerprint density at radius 2 is 2.22 bits per heavy atom. The predicted octanol–water partition coefficient (Wildman–Crippen LogP) is 4.19. The first-order chi connectivity index (χ1) is 17.5. The zero-order valence-corrected chi connectivity index (χ0v) is 20.7. The molecule has 2 N–H and O–H groups in total. The molecule has 0 radical (unpaired) electrons. The van der Waals surface area contributed by atoms with E-state index in [4.69, 9.17) is 20.8 Å². The Morgan fingerprint density at radius 1 is 1.33 bits per heavy atom. The molecule has 0 spiro atoms. The summed E-state index contributed by atoms with van der Waals surface area (Å²) in [6, 6.07) is 7.15. The normalized spacial score (nSPS) is 15.9. The maximum atomic E-state index is 12.5. The van der Waals surface area contributed by atoms with Gasteiger partial charge in [0.05, 0.1) is 16.8 Å². The molecule has 1 aromatic carbocycles. The number of hydrogen-bond donors (Lipinski definition) is 2. The highest BCUT2D eigenvalue weighted by atomic mass is 35.5. The molecule has 3 aromatic heterocycles. The number of aromatic nitrogens is 4. The second kappa shape index (κ2) is 10.4. The van der Waals surface area contributed by atoms with Gasteiger partial charge in [-0.2, -0.15) is 5.10 Å². The molecule has 1 amide bonds. The van der Waals surface area contributed by atoms with E-state index in [9.17, 15) is 4.79 Å². The van der Waals surface area contributed by atoms with Crippen molar-refractivity contribution in [3.63, 3.8) is 0 Å². The molecule has 10 nitrogen and oxygen atoms in total. The third kappa shape index (κ3) is 5.19. The van der Waals surface area contributed by atoms with Crippen molar-refractivity contribution in [3.8, 4) is 23.0 Å². The quantitative estimate of drug-likeness (QED) is 0.341. The number of ether oxygens (including phenoxy) is 1. The van der Waals surface area contributed by atoms with Crippen molar-refractivity contribution in [2.75, 3.05) is 39.0 Å². The predicted molar refractivity (Wildman–Crippen MR) is 137 cm³/mol. The molecular weight excluding hydrogens is 482 g/mol. The van der Waals surface area contributed by atoms with E-state index in [2.05, 4.69) is 25.5 Å². The molecule has 1 fully saturated rings. The number of H-pyrrole nitrogens is 1. The van der Waals surface area contributed by atoms with Crippen LogP contribution < -0.4 is 10.1 Å². The first kappa shape index (κ1) is 23.8. The zero-order chi connectivity index (χ0) is 25.1. The number of pyridine rings is 1. The standard InChI is InChI=1S/C25H26ClN7O3/c1-32(2)11-3-4-21(34)33-12-8-16(15-33)29-24-22-20(7-9-27-23(22)30-31-24)36-17-5-6-18(19(26)14-17)25-28-10-13-35-25/h3-7,9-10,13-14,16H,8,11-12,15H2,1-2H3,(H2,27,29,30,31)/b4-3+/t16-/m1/s1. The number of amides is 1. The summed E-state index contributed by atoms with van der Waals surface area (Å²) in [5.74, 6) is 2.21. The molecular formula is C25H26ClN7O3. The van der Waals surface area contributed by atoms with Crippen LogP contribution in [-0.4, -0.2) is 75.6 Å². The lowest BCUT2D eigenvalue weighted by atomic mass is 10.2. The number of fused-ring (bicyclic) bond motifs is 1. The van der Waals surface area contributed by atoms with E-state index < -0.39 is 0 Å². The van der Waals surface area contributed by atoms with Gasteiger partial charge < -0.3 is 24.3 Å². The number of hydrogen-bond acceptors (Lipinski definition) is 8. The number of aromatic amines is 1. The van der Waals surface area contributed by atoms with E-state index in [1.807, 2.05) is 30.0 Å². The lowest BCUT2D eigenvalue weighted by Gasteiger charge is -2.16. The highest BCUT2D eigenvalue weighted by molar-refractivity contribution is 6.33. The summed E-state index contributed by atoms with van der Waals surface area (Å²) < 4.78 is 11.5. The van der Waals surface area contributed by atoms with Crippen molar-refractivity contribution >= 4 is 34.4 Å². The largest absolute Gasteiger partial charge is 0.456 e. The number of nitrogens with one attached hydrogen (secondary N) is 2. The van der Waals surface area contributed by atoms with E-state index in [0.717, 1.165) is 18.4 Å². The summed E-state index contributed by atoms with van der Waals surface area (Å²) in [6.45, 7) is 2.00. The third-order valence-electron chi connectivity index (χ3n) is 5.83. The summed E-state index contributed by atoms with van der Waals surface area (Å²) in [6.07, 6.45) is 9.05. The minimum absolute atomic E-state index is 0.0174. The Labute approximate surface area is 212 Å². The van der Waals surface area contributed by atoms with Gasteiger partial charge in [-0.15, -0.1) is 0 Å². The Kier molecular flexibility index (Phi) is 6.88. The van der Waals surface area contributed by atoms with Gasteiger partial charge in [-0.05, 0) is 32.6 Å². The van der Waals surface area contributed by atoms with Crippen molar-refractivity contribution in [3.05, 3.63) is 60.1 Å². The second-order valence-corrected chi connectivity index (χ2v) is 9.17. The summed E-state index contributed by atoms with van der Waals surface area (Å²) in [5.41, 5.74) is 1.27. The van der Waals surface area contributed by atoms with E-state index in [0.29, 0.717) is 52.5 Å². The molecule has 0 aliphatic carbocycles. The number of benzene rings is 1. The van der Waals surface area contributed by atoms with Gasteiger partial charge >= 0.3 is 0 Å². The van der Waals surface area contributed by atoms with Crippen molar-refractivity contribution in [2.45, 2.75) is 12.5 Å². The number of carbonyl (C=O) groups excluding carboxylic acids is 1. The summed E-state index contributed by atoms with van der Waals surface area (Å²) in [5, 5.41) is 12.0. The molecule has 0 bridgehead atoms. The molecule has 0 unspecified atom stereocenters. The lowest BCUT2D eigenvalue weighted by Crippen LogP contribution is -2.30. The van der Waals surface area contributed by atoms with Crippen LogP contribution in [-0.2, 0) is 4.79 Å².